The molecule has 0 bridgehead atoms. The zero-order chi connectivity index (χ0) is 10.8. The normalized spacial score (nSPS) is 10.3. The maximum Gasteiger partial charge on any atom is 0.188 e. The summed E-state index contributed by atoms with van der Waals surface area (Å²) in [5, 5.41) is 6.64. The van der Waals surface area contributed by atoms with Gasteiger partial charge in [0.15, 0.2) is 5.13 Å². The molecule has 78 valence electrons. The van der Waals surface area contributed by atoms with Crippen molar-refractivity contribution in [3.63, 3.8) is 0 Å². The first kappa shape index (κ1) is 11.4. The number of hydrogen-bond acceptors (Lipinski definition) is 3. The van der Waals surface area contributed by atoms with Crippen LogP contribution in [0.15, 0.2) is 32.7 Å². The third-order valence-electron chi connectivity index (χ3n) is 1.65. The minimum Gasteiger partial charge on any atom is -0.331 e. The van der Waals surface area contributed by atoms with Gasteiger partial charge in [-0.2, -0.15) is 0 Å². The van der Waals surface area contributed by atoms with Crippen molar-refractivity contribution in [2.75, 3.05) is 5.32 Å². The zero-order valence-electron chi connectivity index (χ0n) is 7.30. The van der Waals surface area contributed by atoms with Crippen LogP contribution in [0.2, 0.25) is 5.02 Å². The third kappa shape index (κ3) is 2.93. The summed E-state index contributed by atoms with van der Waals surface area (Å²) in [6.07, 6.45) is 0. The molecular formula is C9H5Br2ClN2S. The summed E-state index contributed by atoms with van der Waals surface area (Å²) in [5.41, 5.74) is 0.952. The first-order valence-electron chi connectivity index (χ1n) is 3.98. The van der Waals surface area contributed by atoms with Gasteiger partial charge in [-0.25, -0.2) is 4.98 Å². The summed E-state index contributed by atoms with van der Waals surface area (Å²) in [6, 6.07) is 5.65. The van der Waals surface area contributed by atoms with E-state index in [4.69, 9.17) is 11.6 Å². The van der Waals surface area contributed by atoms with Crippen molar-refractivity contribution in [1.82, 2.24) is 4.98 Å². The molecule has 0 spiro atoms. The molecule has 0 aliphatic heterocycles. The molecule has 2 nitrogen and oxygen atoms in total. The summed E-state index contributed by atoms with van der Waals surface area (Å²) in [5.74, 6) is 0. The number of aromatic nitrogens is 1. The van der Waals surface area contributed by atoms with E-state index in [1.165, 1.54) is 11.3 Å². The Morgan fingerprint density at radius 3 is 2.73 bits per heavy atom. The summed E-state index contributed by atoms with van der Waals surface area (Å²) in [4.78, 5) is 4.23. The molecule has 2 rings (SSSR count). The summed E-state index contributed by atoms with van der Waals surface area (Å²) >= 11 is 14.1. The second-order valence-electron chi connectivity index (χ2n) is 2.73. The second kappa shape index (κ2) is 4.82. The fourth-order valence-electron chi connectivity index (χ4n) is 1.01. The fourth-order valence-corrected chi connectivity index (χ4v) is 2.67. The van der Waals surface area contributed by atoms with E-state index >= 15 is 0 Å². The Labute approximate surface area is 113 Å². The van der Waals surface area contributed by atoms with Crippen LogP contribution < -0.4 is 5.32 Å². The number of anilines is 2. The molecule has 0 saturated carbocycles. The zero-order valence-corrected chi connectivity index (χ0v) is 12.0. The van der Waals surface area contributed by atoms with E-state index in [1.807, 2.05) is 23.6 Å². The Balaban J connectivity index is 2.21. The highest BCUT2D eigenvalue weighted by atomic mass is 79.9. The highest BCUT2D eigenvalue weighted by molar-refractivity contribution is 9.10. The van der Waals surface area contributed by atoms with E-state index in [2.05, 4.69) is 42.2 Å². The Morgan fingerprint density at radius 2 is 2.13 bits per heavy atom. The SMILES string of the molecule is Clc1ccc(Nc2nc(Br)cs2)cc1Br. The molecule has 0 unspecified atom stereocenters. The quantitative estimate of drug-likeness (QED) is 0.801. The molecule has 6 heteroatoms. The van der Waals surface area contributed by atoms with E-state index in [-0.39, 0.29) is 0 Å². The molecule has 1 N–H and O–H groups in total. The molecule has 1 aromatic carbocycles. The molecule has 0 aliphatic carbocycles. The molecule has 0 amide bonds. The monoisotopic (exact) mass is 366 g/mol. The lowest BCUT2D eigenvalue weighted by atomic mass is 10.3. The maximum absolute atomic E-state index is 5.89. The molecule has 15 heavy (non-hydrogen) atoms. The van der Waals surface area contributed by atoms with Crippen molar-refractivity contribution >= 4 is 65.6 Å². The van der Waals surface area contributed by atoms with Crippen molar-refractivity contribution in [1.29, 1.82) is 0 Å². The lowest BCUT2D eigenvalue weighted by Crippen LogP contribution is -1.88. The molecule has 0 atom stereocenters. The second-order valence-corrected chi connectivity index (χ2v) is 5.66. The van der Waals surface area contributed by atoms with Crippen molar-refractivity contribution in [3.8, 4) is 0 Å². The average molecular weight is 368 g/mol. The Kier molecular flexibility index (Phi) is 3.66. The number of nitrogens with one attached hydrogen (secondary N) is 1. The van der Waals surface area contributed by atoms with Gasteiger partial charge in [0, 0.05) is 15.5 Å². The van der Waals surface area contributed by atoms with Gasteiger partial charge in [-0.1, -0.05) is 11.6 Å². The smallest absolute Gasteiger partial charge is 0.188 e. The summed E-state index contributed by atoms with van der Waals surface area (Å²) in [6.45, 7) is 0. The molecule has 0 saturated heterocycles. The van der Waals surface area contributed by atoms with Gasteiger partial charge in [0.05, 0.1) is 5.02 Å². The summed E-state index contributed by atoms with van der Waals surface area (Å²) in [7, 11) is 0. The van der Waals surface area contributed by atoms with Crippen LogP contribution in [0, 0.1) is 0 Å². The van der Waals surface area contributed by atoms with Crippen molar-refractivity contribution in [2.45, 2.75) is 0 Å². The number of halogens is 3. The van der Waals surface area contributed by atoms with Gasteiger partial charge in [0.25, 0.3) is 0 Å². The van der Waals surface area contributed by atoms with Crippen molar-refractivity contribution in [3.05, 3.63) is 37.7 Å². The first-order chi connectivity index (χ1) is 7.15. The van der Waals surface area contributed by atoms with Crippen LogP contribution in [0.1, 0.15) is 0 Å². The molecule has 0 fully saturated rings. The number of benzene rings is 1. The third-order valence-corrected chi connectivity index (χ3v) is 4.33. The Morgan fingerprint density at radius 1 is 1.33 bits per heavy atom. The number of hydrogen-bond donors (Lipinski definition) is 1. The standard InChI is InChI=1S/C9H5Br2ClN2S/c10-6-3-5(1-2-7(6)12)13-9-14-8(11)4-15-9/h1-4H,(H,13,14). The van der Waals surface area contributed by atoms with Crippen LogP contribution in [-0.2, 0) is 0 Å². The molecule has 0 radical (unpaired) electrons. The Bertz CT molecular complexity index is 487. The van der Waals surface area contributed by atoms with E-state index in [1.54, 1.807) is 0 Å². The van der Waals surface area contributed by atoms with Crippen LogP contribution in [0.4, 0.5) is 10.8 Å². The van der Waals surface area contributed by atoms with Crippen LogP contribution >= 0.6 is 54.8 Å². The van der Waals surface area contributed by atoms with Crippen LogP contribution in [0.5, 0.6) is 0 Å². The van der Waals surface area contributed by atoms with Gasteiger partial charge in [0.1, 0.15) is 4.60 Å². The number of rotatable bonds is 2. The van der Waals surface area contributed by atoms with Gasteiger partial charge >= 0.3 is 0 Å². The molecular weight excluding hydrogens is 363 g/mol. The lowest BCUT2D eigenvalue weighted by Gasteiger charge is -2.03. The number of thiazole rings is 1. The highest BCUT2D eigenvalue weighted by Crippen LogP contribution is 2.28. The van der Waals surface area contributed by atoms with Gasteiger partial charge in [-0.3, -0.25) is 0 Å². The van der Waals surface area contributed by atoms with Gasteiger partial charge < -0.3 is 5.32 Å². The van der Waals surface area contributed by atoms with E-state index in [0.717, 1.165) is 19.9 Å². The molecule has 2 aromatic rings. The van der Waals surface area contributed by atoms with Gasteiger partial charge in [0.2, 0.25) is 0 Å². The minimum atomic E-state index is 0.695. The van der Waals surface area contributed by atoms with E-state index < -0.39 is 0 Å². The molecule has 1 aromatic heterocycles. The predicted octanol–water partition coefficient (Wildman–Crippen LogP) is 5.07. The van der Waals surface area contributed by atoms with Crippen LogP contribution in [0.3, 0.4) is 0 Å². The minimum absolute atomic E-state index is 0.695. The van der Waals surface area contributed by atoms with E-state index in [9.17, 15) is 0 Å². The van der Waals surface area contributed by atoms with Gasteiger partial charge in [-0.05, 0) is 50.1 Å². The predicted molar refractivity (Wildman–Crippen MR) is 72.2 cm³/mol. The summed E-state index contributed by atoms with van der Waals surface area (Å²) < 4.78 is 1.70. The maximum atomic E-state index is 5.89. The van der Waals surface area contributed by atoms with Crippen LogP contribution in [-0.4, -0.2) is 4.98 Å². The lowest BCUT2D eigenvalue weighted by molar-refractivity contribution is 1.34. The Hall–Kier alpha value is -0.100. The largest absolute Gasteiger partial charge is 0.331 e. The topological polar surface area (TPSA) is 24.9 Å². The average Bonchev–Trinajstić information content (AvgIpc) is 2.58. The van der Waals surface area contributed by atoms with Crippen molar-refractivity contribution < 1.29 is 0 Å². The van der Waals surface area contributed by atoms with Crippen LogP contribution in [0.25, 0.3) is 0 Å². The highest BCUT2D eigenvalue weighted by Gasteiger charge is 2.02. The molecule has 0 aliphatic rings. The molecule has 1 heterocycles. The van der Waals surface area contributed by atoms with Crippen molar-refractivity contribution in [2.24, 2.45) is 0 Å². The first-order valence-corrected chi connectivity index (χ1v) is 6.82. The van der Waals surface area contributed by atoms with Gasteiger partial charge in [-0.15, -0.1) is 11.3 Å². The van der Waals surface area contributed by atoms with E-state index in [0.29, 0.717) is 5.02 Å². The number of nitrogens with zero attached hydrogens (tertiary/aromatic N) is 1. The fraction of sp³-hybridized carbons (Fsp3) is 0.